The molecule has 4 rings (SSSR count). The maximum atomic E-state index is 13.3. The third-order valence-electron chi connectivity index (χ3n) is 4.98. The van der Waals surface area contributed by atoms with Crippen LogP contribution in [0.4, 0.5) is 11.4 Å². The second-order valence-corrected chi connectivity index (χ2v) is 8.12. The summed E-state index contributed by atoms with van der Waals surface area (Å²) in [7, 11) is 3.94. The molecule has 0 fully saturated rings. The first-order chi connectivity index (χ1) is 14.4. The van der Waals surface area contributed by atoms with E-state index in [2.05, 4.69) is 26.7 Å². The van der Waals surface area contributed by atoms with Crippen LogP contribution in [0.15, 0.2) is 77.3 Å². The van der Waals surface area contributed by atoms with Crippen LogP contribution in [-0.4, -0.2) is 30.9 Å². The average Bonchev–Trinajstić information content (AvgIpc) is 2.76. The predicted octanol–water partition coefficient (Wildman–Crippen LogP) is 4.43. The van der Waals surface area contributed by atoms with E-state index in [9.17, 15) is 9.59 Å². The van der Waals surface area contributed by atoms with Crippen molar-refractivity contribution in [1.82, 2.24) is 10.4 Å². The van der Waals surface area contributed by atoms with Gasteiger partial charge in [0.2, 0.25) is 0 Å². The smallest absolute Gasteiger partial charge is 0.276 e. The number of carbonyl (C=O) groups excluding carboxylic acids is 2. The number of hydrogen-bond acceptors (Lipinski definition) is 4. The lowest BCUT2D eigenvalue weighted by atomic mass is 10.0. The zero-order valence-corrected chi connectivity index (χ0v) is 18.2. The number of nitrogens with one attached hydrogen (secondary N) is 2. The summed E-state index contributed by atoms with van der Waals surface area (Å²) in [5.41, 5.74) is 6.40. The molecule has 0 spiro atoms. The topological polar surface area (TPSA) is 64.7 Å². The van der Waals surface area contributed by atoms with Gasteiger partial charge in [-0.25, -0.2) is 5.01 Å². The van der Waals surface area contributed by atoms with Gasteiger partial charge in [-0.2, -0.15) is 0 Å². The number of nitrogens with zero attached hydrogens (tertiary/aromatic N) is 2. The van der Waals surface area contributed by atoms with Crippen molar-refractivity contribution >= 4 is 39.1 Å². The first-order valence-corrected chi connectivity index (χ1v) is 10.3. The molecule has 0 saturated carbocycles. The van der Waals surface area contributed by atoms with Crippen LogP contribution in [-0.2, 0) is 0 Å². The van der Waals surface area contributed by atoms with Gasteiger partial charge < -0.3 is 10.2 Å². The highest BCUT2D eigenvalue weighted by Gasteiger charge is 2.34. The molecule has 1 heterocycles. The normalized spacial score (nSPS) is 15.2. The number of benzene rings is 3. The fourth-order valence-corrected chi connectivity index (χ4v) is 3.60. The number of hydrazine groups is 1. The number of fused-ring (bicyclic) bond motifs is 1. The maximum absolute atomic E-state index is 13.3. The third kappa shape index (κ3) is 3.89. The molecule has 0 bridgehead atoms. The van der Waals surface area contributed by atoms with Crippen LogP contribution in [0.25, 0.3) is 0 Å². The molecule has 6 nitrogen and oxygen atoms in total. The van der Waals surface area contributed by atoms with E-state index in [4.69, 9.17) is 0 Å². The summed E-state index contributed by atoms with van der Waals surface area (Å²) in [5, 5.41) is 4.74. The molecule has 1 aliphatic heterocycles. The Morgan fingerprint density at radius 3 is 2.33 bits per heavy atom. The van der Waals surface area contributed by atoms with E-state index in [1.54, 1.807) is 36.4 Å². The Labute approximate surface area is 183 Å². The number of halogens is 1. The average molecular weight is 465 g/mol. The summed E-state index contributed by atoms with van der Waals surface area (Å²) in [5.74, 6) is -0.622. The Kier molecular flexibility index (Phi) is 5.46. The standard InChI is InChI=1S/C23H21BrN4O2/c1-27(2)18-13-9-15(10-14-18)21-25-20-6-4-3-5-19(20)23(30)28(21)26-22(29)16-7-11-17(24)12-8-16/h3-14,21,25H,1-2H3,(H,26,29). The lowest BCUT2D eigenvalue weighted by Gasteiger charge is -2.37. The van der Waals surface area contributed by atoms with Gasteiger partial charge in [0.1, 0.15) is 6.17 Å². The van der Waals surface area contributed by atoms with E-state index in [1.165, 1.54) is 5.01 Å². The molecule has 1 unspecified atom stereocenters. The van der Waals surface area contributed by atoms with Crippen molar-refractivity contribution in [2.75, 3.05) is 24.3 Å². The van der Waals surface area contributed by atoms with Crippen LogP contribution in [0.2, 0.25) is 0 Å². The Morgan fingerprint density at radius 2 is 1.67 bits per heavy atom. The number of amides is 2. The molecular formula is C23H21BrN4O2. The Bertz CT molecular complexity index is 1080. The summed E-state index contributed by atoms with van der Waals surface area (Å²) in [6, 6.07) is 22.1. The Morgan fingerprint density at radius 1 is 1.00 bits per heavy atom. The van der Waals surface area contributed by atoms with Gasteiger partial charge in [-0.3, -0.25) is 15.0 Å². The van der Waals surface area contributed by atoms with Gasteiger partial charge in [-0.05, 0) is 54.1 Å². The van der Waals surface area contributed by atoms with Gasteiger partial charge in [-0.1, -0.05) is 40.2 Å². The first-order valence-electron chi connectivity index (χ1n) is 9.47. The quantitative estimate of drug-likeness (QED) is 0.599. The molecule has 3 aromatic carbocycles. The van der Waals surface area contributed by atoms with Gasteiger partial charge in [0.25, 0.3) is 11.8 Å². The predicted molar refractivity (Wildman–Crippen MR) is 121 cm³/mol. The number of rotatable bonds is 4. The monoisotopic (exact) mass is 464 g/mol. The summed E-state index contributed by atoms with van der Waals surface area (Å²) < 4.78 is 0.877. The van der Waals surface area contributed by atoms with Crippen LogP contribution in [0.3, 0.4) is 0 Å². The fraction of sp³-hybridized carbons (Fsp3) is 0.130. The van der Waals surface area contributed by atoms with Crippen molar-refractivity contribution in [2.24, 2.45) is 0 Å². The van der Waals surface area contributed by atoms with Gasteiger partial charge >= 0.3 is 0 Å². The highest BCUT2D eigenvalue weighted by molar-refractivity contribution is 9.10. The van der Waals surface area contributed by atoms with E-state index < -0.39 is 6.17 Å². The van der Waals surface area contributed by atoms with Crippen molar-refractivity contribution in [3.63, 3.8) is 0 Å². The lowest BCUT2D eigenvalue weighted by Crippen LogP contribution is -2.52. The molecular weight excluding hydrogens is 444 g/mol. The Balaban J connectivity index is 1.69. The van der Waals surface area contributed by atoms with E-state index in [0.717, 1.165) is 21.4 Å². The molecule has 0 aromatic heterocycles. The van der Waals surface area contributed by atoms with Crippen LogP contribution >= 0.6 is 15.9 Å². The molecule has 2 amide bonds. The van der Waals surface area contributed by atoms with Gasteiger partial charge in [0.05, 0.1) is 5.56 Å². The fourth-order valence-electron chi connectivity index (χ4n) is 3.33. The van der Waals surface area contributed by atoms with Crippen LogP contribution in [0.5, 0.6) is 0 Å². The molecule has 30 heavy (non-hydrogen) atoms. The minimum atomic E-state index is -0.539. The summed E-state index contributed by atoms with van der Waals surface area (Å²) in [6.07, 6.45) is -0.539. The number of carbonyl (C=O) groups is 2. The van der Waals surface area contributed by atoms with Gasteiger partial charge in [0, 0.05) is 35.5 Å². The zero-order chi connectivity index (χ0) is 21.3. The lowest BCUT2D eigenvalue weighted by molar-refractivity contribution is 0.0491. The molecule has 152 valence electrons. The molecule has 1 atom stereocenters. The van der Waals surface area contributed by atoms with Crippen LogP contribution in [0, 0.1) is 0 Å². The van der Waals surface area contributed by atoms with Crippen molar-refractivity contribution in [3.05, 3.63) is 94.0 Å². The Hall–Kier alpha value is -3.32. The molecule has 1 aliphatic rings. The SMILES string of the molecule is CN(C)c1ccc(C2Nc3ccccc3C(=O)N2NC(=O)c2ccc(Br)cc2)cc1. The number of anilines is 2. The number of hydrogen-bond donors (Lipinski definition) is 2. The second kappa shape index (κ2) is 8.20. The number of para-hydroxylation sites is 1. The summed E-state index contributed by atoms with van der Waals surface area (Å²) in [4.78, 5) is 28.1. The van der Waals surface area contributed by atoms with Crippen molar-refractivity contribution in [1.29, 1.82) is 0 Å². The van der Waals surface area contributed by atoms with E-state index in [1.807, 2.05) is 55.4 Å². The molecule has 0 saturated heterocycles. The minimum Gasteiger partial charge on any atom is -0.378 e. The van der Waals surface area contributed by atoms with E-state index in [-0.39, 0.29) is 11.8 Å². The van der Waals surface area contributed by atoms with E-state index in [0.29, 0.717) is 11.1 Å². The summed E-state index contributed by atoms with van der Waals surface area (Å²) in [6.45, 7) is 0. The maximum Gasteiger partial charge on any atom is 0.276 e. The highest BCUT2D eigenvalue weighted by atomic mass is 79.9. The van der Waals surface area contributed by atoms with Gasteiger partial charge in [0.15, 0.2) is 0 Å². The highest BCUT2D eigenvalue weighted by Crippen LogP contribution is 2.32. The summed E-state index contributed by atoms with van der Waals surface area (Å²) >= 11 is 3.37. The van der Waals surface area contributed by atoms with Crippen molar-refractivity contribution < 1.29 is 9.59 Å². The zero-order valence-electron chi connectivity index (χ0n) is 16.6. The van der Waals surface area contributed by atoms with Crippen LogP contribution in [0.1, 0.15) is 32.4 Å². The van der Waals surface area contributed by atoms with Crippen molar-refractivity contribution in [2.45, 2.75) is 6.17 Å². The van der Waals surface area contributed by atoms with E-state index >= 15 is 0 Å². The van der Waals surface area contributed by atoms with Crippen molar-refractivity contribution in [3.8, 4) is 0 Å². The van der Waals surface area contributed by atoms with Crippen LogP contribution < -0.4 is 15.6 Å². The molecule has 2 N–H and O–H groups in total. The minimum absolute atomic E-state index is 0.267. The second-order valence-electron chi connectivity index (χ2n) is 7.20. The largest absolute Gasteiger partial charge is 0.378 e. The molecule has 3 aromatic rings. The van der Waals surface area contributed by atoms with Gasteiger partial charge in [-0.15, -0.1) is 0 Å². The first kappa shape index (κ1) is 20.0. The molecule has 7 heteroatoms. The molecule has 0 aliphatic carbocycles. The molecule has 0 radical (unpaired) electrons. The third-order valence-corrected chi connectivity index (χ3v) is 5.51.